The monoisotopic (exact) mass is 204 g/mol. The third-order valence-corrected chi connectivity index (χ3v) is 2.12. The fraction of sp³-hybridized carbons (Fsp3) is 0.300. The van der Waals surface area contributed by atoms with Gasteiger partial charge < -0.3 is 10.3 Å². The molecule has 2 heterocycles. The molecule has 0 saturated heterocycles. The van der Waals surface area contributed by atoms with Crippen molar-refractivity contribution in [3.8, 4) is 0 Å². The molecule has 0 aromatic carbocycles. The number of aromatic nitrogens is 3. The van der Waals surface area contributed by atoms with Crippen LogP contribution < -0.4 is 5.32 Å². The van der Waals surface area contributed by atoms with Crippen LogP contribution in [-0.4, -0.2) is 27.9 Å². The molecular formula is C10H12N4O. The molecule has 2 rings (SSSR count). The second-order valence-corrected chi connectivity index (χ2v) is 3.23. The molecule has 15 heavy (non-hydrogen) atoms. The van der Waals surface area contributed by atoms with Crippen LogP contribution in [0, 0.1) is 0 Å². The van der Waals surface area contributed by atoms with Gasteiger partial charge in [0.05, 0.1) is 5.52 Å². The van der Waals surface area contributed by atoms with Crippen molar-refractivity contribution in [2.45, 2.75) is 12.8 Å². The zero-order valence-electron chi connectivity index (χ0n) is 8.23. The van der Waals surface area contributed by atoms with E-state index in [0.717, 1.165) is 29.8 Å². The molecular weight excluding hydrogens is 192 g/mol. The second-order valence-electron chi connectivity index (χ2n) is 3.23. The third-order valence-electron chi connectivity index (χ3n) is 2.12. The lowest BCUT2D eigenvalue weighted by molar-refractivity contribution is -0.109. The Hall–Kier alpha value is -1.91. The van der Waals surface area contributed by atoms with E-state index in [1.165, 1.54) is 0 Å². The summed E-state index contributed by atoms with van der Waals surface area (Å²) in [5, 5.41) is 2.61. The maximum atomic E-state index is 10.0. The number of aryl methyl sites for hydroxylation is 1. The van der Waals surface area contributed by atoms with Crippen LogP contribution in [0.4, 0.5) is 0 Å². The minimum Gasteiger partial charge on any atom is -0.359 e. The number of fused-ring (bicyclic) bond motifs is 1. The summed E-state index contributed by atoms with van der Waals surface area (Å²) in [7, 11) is 0. The Morgan fingerprint density at radius 2 is 2.47 bits per heavy atom. The first-order chi connectivity index (χ1) is 7.40. The molecule has 0 atom stereocenters. The number of aromatic amines is 1. The molecule has 5 heteroatoms. The van der Waals surface area contributed by atoms with Crippen LogP contribution in [0.3, 0.4) is 0 Å². The molecule has 2 N–H and O–H groups in total. The maximum absolute atomic E-state index is 10.0. The summed E-state index contributed by atoms with van der Waals surface area (Å²) >= 11 is 0. The summed E-state index contributed by atoms with van der Waals surface area (Å²) in [6.07, 6.45) is 4.12. The van der Waals surface area contributed by atoms with Gasteiger partial charge in [-0.2, -0.15) is 0 Å². The number of amides is 1. The zero-order valence-corrected chi connectivity index (χ0v) is 8.23. The number of nitrogens with one attached hydrogen (secondary N) is 2. The van der Waals surface area contributed by atoms with E-state index in [4.69, 9.17) is 0 Å². The van der Waals surface area contributed by atoms with Gasteiger partial charge in [-0.15, -0.1) is 0 Å². The molecule has 78 valence electrons. The molecule has 0 spiro atoms. The lowest BCUT2D eigenvalue weighted by Crippen LogP contribution is -2.12. The SMILES string of the molecule is O=CNCCCc1nc2ncccc2[nH]1. The van der Waals surface area contributed by atoms with Crippen molar-refractivity contribution in [1.29, 1.82) is 0 Å². The minimum atomic E-state index is 0.675. The van der Waals surface area contributed by atoms with Crippen LogP contribution in [0.1, 0.15) is 12.2 Å². The van der Waals surface area contributed by atoms with E-state index < -0.39 is 0 Å². The van der Waals surface area contributed by atoms with Gasteiger partial charge in [0.1, 0.15) is 5.82 Å². The highest BCUT2D eigenvalue weighted by molar-refractivity contribution is 5.69. The molecule has 0 aliphatic carbocycles. The van der Waals surface area contributed by atoms with Crippen molar-refractivity contribution in [2.75, 3.05) is 6.54 Å². The van der Waals surface area contributed by atoms with Crippen molar-refractivity contribution < 1.29 is 4.79 Å². The van der Waals surface area contributed by atoms with Crippen molar-refractivity contribution >= 4 is 17.6 Å². The Morgan fingerprint density at radius 1 is 1.53 bits per heavy atom. The normalized spacial score (nSPS) is 10.4. The van der Waals surface area contributed by atoms with Gasteiger partial charge in [-0.3, -0.25) is 4.79 Å². The van der Waals surface area contributed by atoms with Gasteiger partial charge in [0.25, 0.3) is 0 Å². The number of rotatable bonds is 5. The number of carbonyl (C=O) groups is 1. The van der Waals surface area contributed by atoms with Gasteiger partial charge in [-0.05, 0) is 18.6 Å². The van der Waals surface area contributed by atoms with E-state index in [1.807, 2.05) is 12.1 Å². The van der Waals surface area contributed by atoms with Gasteiger partial charge in [0.2, 0.25) is 6.41 Å². The topological polar surface area (TPSA) is 70.7 Å². The average molecular weight is 204 g/mol. The molecule has 1 amide bonds. The van der Waals surface area contributed by atoms with E-state index in [1.54, 1.807) is 6.20 Å². The van der Waals surface area contributed by atoms with E-state index >= 15 is 0 Å². The second kappa shape index (κ2) is 4.54. The Kier molecular flexibility index (Phi) is 2.92. The Morgan fingerprint density at radius 3 is 3.27 bits per heavy atom. The zero-order chi connectivity index (χ0) is 10.5. The Balaban J connectivity index is 1.99. The van der Waals surface area contributed by atoms with Gasteiger partial charge >= 0.3 is 0 Å². The number of imidazole rings is 1. The van der Waals surface area contributed by atoms with Crippen LogP contribution in [0.2, 0.25) is 0 Å². The van der Waals surface area contributed by atoms with Crippen molar-refractivity contribution in [3.05, 3.63) is 24.2 Å². The van der Waals surface area contributed by atoms with Crippen LogP contribution in [0.25, 0.3) is 11.2 Å². The highest BCUT2D eigenvalue weighted by Crippen LogP contribution is 2.08. The Bertz CT molecular complexity index is 418. The van der Waals surface area contributed by atoms with Gasteiger partial charge in [-0.1, -0.05) is 0 Å². The number of H-pyrrole nitrogens is 1. The molecule has 0 radical (unpaired) electrons. The lowest BCUT2D eigenvalue weighted by Gasteiger charge is -1.95. The quantitative estimate of drug-likeness (QED) is 0.554. The van der Waals surface area contributed by atoms with Crippen molar-refractivity contribution in [3.63, 3.8) is 0 Å². The first kappa shape index (κ1) is 9.64. The first-order valence-electron chi connectivity index (χ1n) is 4.87. The highest BCUT2D eigenvalue weighted by Gasteiger charge is 2.01. The number of carbonyl (C=O) groups excluding carboxylic acids is 1. The first-order valence-corrected chi connectivity index (χ1v) is 4.87. The Labute approximate surface area is 86.9 Å². The fourth-order valence-corrected chi connectivity index (χ4v) is 1.43. The fourth-order valence-electron chi connectivity index (χ4n) is 1.43. The smallest absolute Gasteiger partial charge is 0.207 e. The molecule has 0 aliphatic rings. The van der Waals surface area contributed by atoms with Gasteiger partial charge in [0.15, 0.2) is 5.65 Å². The predicted octanol–water partition coefficient (Wildman–Crippen LogP) is 0.636. The molecule has 0 fully saturated rings. The summed E-state index contributed by atoms with van der Waals surface area (Å²) in [6.45, 7) is 0.675. The molecule has 2 aromatic rings. The third kappa shape index (κ3) is 2.31. The van der Waals surface area contributed by atoms with E-state index in [0.29, 0.717) is 13.0 Å². The molecule has 5 nitrogen and oxygen atoms in total. The lowest BCUT2D eigenvalue weighted by atomic mass is 10.3. The number of hydrogen-bond acceptors (Lipinski definition) is 3. The summed E-state index contributed by atoms with van der Waals surface area (Å²) in [4.78, 5) is 21.7. The molecule has 0 bridgehead atoms. The van der Waals surface area contributed by atoms with Crippen LogP contribution in [-0.2, 0) is 11.2 Å². The molecule has 2 aromatic heterocycles. The summed E-state index contributed by atoms with van der Waals surface area (Å²) in [5.74, 6) is 0.913. The van der Waals surface area contributed by atoms with Crippen LogP contribution >= 0.6 is 0 Å². The van der Waals surface area contributed by atoms with Gasteiger partial charge in [-0.25, -0.2) is 9.97 Å². The van der Waals surface area contributed by atoms with E-state index in [2.05, 4.69) is 20.3 Å². The number of pyridine rings is 1. The largest absolute Gasteiger partial charge is 0.359 e. The summed E-state index contributed by atoms with van der Waals surface area (Å²) in [6, 6.07) is 3.82. The van der Waals surface area contributed by atoms with Gasteiger partial charge in [0, 0.05) is 19.2 Å². The summed E-state index contributed by atoms with van der Waals surface area (Å²) in [5.41, 5.74) is 1.70. The van der Waals surface area contributed by atoms with Crippen molar-refractivity contribution in [2.24, 2.45) is 0 Å². The van der Waals surface area contributed by atoms with Crippen LogP contribution in [0.5, 0.6) is 0 Å². The molecule has 0 aliphatic heterocycles. The number of hydrogen-bond donors (Lipinski definition) is 2. The standard InChI is InChI=1S/C10H12N4O/c15-7-11-5-2-4-9-13-8-3-1-6-12-10(8)14-9/h1,3,6-7H,2,4-5H2,(H,11,15)(H,12,13,14). The average Bonchev–Trinajstić information content (AvgIpc) is 2.67. The minimum absolute atomic E-state index is 0.675. The predicted molar refractivity (Wildman–Crippen MR) is 56.3 cm³/mol. The van der Waals surface area contributed by atoms with E-state index in [9.17, 15) is 4.79 Å². The summed E-state index contributed by atoms with van der Waals surface area (Å²) < 4.78 is 0. The van der Waals surface area contributed by atoms with Crippen molar-refractivity contribution in [1.82, 2.24) is 20.3 Å². The molecule has 0 saturated carbocycles. The number of nitrogens with zero attached hydrogens (tertiary/aromatic N) is 2. The molecule has 0 unspecified atom stereocenters. The van der Waals surface area contributed by atoms with E-state index in [-0.39, 0.29) is 0 Å². The highest BCUT2D eigenvalue weighted by atomic mass is 16.1. The maximum Gasteiger partial charge on any atom is 0.207 e. The van der Waals surface area contributed by atoms with Crippen LogP contribution in [0.15, 0.2) is 18.3 Å².